The molecule has 12 heteroatoms. The third-order valence-corrected chi connectivity index (χ3v) is 7.15. The van der Waals surface area contributed by atoms with E-state index in [1.165, 1.54) is 43.3 Å². The van der Waals surface area contributed by atoms with Crippen LogP contribution in [0.2, 0.25) is 20.1 Å². The number of rotatable bonds is 8. The van der Waals surface area contributed by atoms with Crippen LogP contribution in [0.25, 0.3) is 0 Å². The normalized spacial score (nSPS) is 13.5. The maximum Gasteiger partial charge on any atom is 0.281 e. The van der Waals surface area contributed by atoms with Crippen molar-refractivity contribution in [3.8, 4) is 0 Å². The van der Waals surface area contributed by atoms with Crippen molar-refractivity contribution >= 4 is 69.8 Å². The molecule has 4 rings (SSSR count). The van der Waals surface area contributed by atoms with Gasteiger partial charge in [-0.2, -0.15) is 5.10 Å². The number of likely N-dealkylation sites (tertiary alicyclic amines) is 1. The van der Waals surface area contributed by atoms with E-state index in [0.717, 1.165) is 30.7 Å². The lowest BCUT2D eigenvalue weighted by molar-refractivity contribution is 0.0935. The van der Waals surface area contributed by atoms with E-state index in [2.05, 4.69) is 20.6 Å². The number of benzene rings is 2. The first-order valence-corrected chi connectivity index (χ1v) is 13.1. The molecule has 0 atom stereocenters. The van der Waals surface area contributed by atoms with Gasteiger partial charge in [-0.3, -0.25) is 14.4 Å². The van der Waals surface area contributed by atoms with Crippen LogP contribution in [0.1, 0.15) is 50.5 Å². The highest BCUT2D eigenvalue weighted by atomic mass is 35.5. The van der Waals surface area contributed by atoms with Gasteiger partial charge < -0.3 is 15.5 Å². The summed E-state index contributed by atoms with van der Waals surface area (Å²) in [5.41, 5.74) is -0.127. The Bertz CT molecular complexity index is 1300. The van der Waals surface area contributed by atoms with Crippen molar-refractivity contribution in [1.82, 2.24) is 20.0 Å². The molecule has 3 aromatic rings. The van der Waals surface area contributed by atoms with Crippen molar-refractivity contribution < 1.29 is 14.4 Å². The number of halogens is 4. The first-order chi connectivity index (χ1) is 17.8. The van der Waals surface area contributed by atoms with Crippen molar-refractivity contribution in [2.75, 3.05) is 31.5 Å². The second-order valence-electron chi connectivity index (χ2n) is 8.45. The van der Waals surface area contributed by atoms with Crippen LogP contribution in [0.15, 0.2) is 42.6 Å². The number of amides is 2. The lowest BCUT2D eigenvalue weighted by Crippen LogP contribution is -2.29. The van der Waals surface area contributed by atoms with Crippen molar-refractivity contribution in [3.63, 3.8) is 0 Å². The molecule has 1 aliphatic heterocycles. The van der Waals surface area contributed by atoms with Crippen LogP contribution in [-0.2, 0) is 0 Å². The molecule has 2 heterocycles. The molecule has 1 aromatic heterocycles. The third-order valence-electron chi connectivity index (χ3n) is 5.89. The lowest BCUT2D eigenvalue weighted by Gasteiger charge is -2.14. The highest BCUT2D eigenvalue weighted by Gasteiger charge is 2.25. The van der Waals surface area contributed by atoms with Crippen molar-refractivity contribution in [2.24, 2.45) is 0 Å². The largest absolute Gasteiger partial charge is 0.351 e. The topological polar surface area (TPSA) is 96.3 Å². The van der Waals surface area contributed by atoms with E-state index in [4.69, 9.17) is 46.4 Å². The summed E-state index contributed by atoms with van der Waals surface area (Å²) in [5, 5.41) is 10.1. The SMILES string of the molecule is O=C(NCCCN1CCCC1)c1nn(C(=O)c2c(Cl)cccc2Cl)cc1NC(=O)c1c(Cl)cccc1Cl. The van der Waals surface area contributed by atoms with Crippen LogP contribution in [-0.4, -0.2) is 58.6 Å². The van der Waals surface area contributed by atoms with Crippen LogP contribution in [0, 0.1) is 0 Å². The minimum absolute atomic E-state index is 0.00504. The van der Waals surface area contributed by atoms with Gasteiger partial charge in [0.05, 0.1) is 43.1 Å². The molecule has 2 N–H and O–H groups in total. The number of nitrogens with zero attached hydrogens (tertiary/aromatic N) is 3. The summed E-state index contributed by atoms with van der Waals surface area (Å²) in [6.45, 7) is 3.39. The van der Waals surface area contributed by atoms with Gasteiger partial charge in [0, 0.05) is 6.54 Å². The lowest BCUT2D eigenvalue weighted by atomic mass is 10.2. The molecule has 0 radical (unpaired) electrons. The molecule has 1 saturated heterocycles. The van der Waals surface area contributed by atoms with Gasteiger partial charge in [0.1, 0.15) is 0 Å². The Labute approximate surface area is 233 Å². The Morgan fingerprint density at radius 2 is 1.41 bits per heavy atom. The van der Waals surface area contributed by atoms with Gasteiger partial charge in [0.25, 0.3) is 17.7 Å². The molecular weight excluding hydrogens is 560 g/mol. The average Bonchev–Trinajstić information content (AvgIpc) is 3.52. The number of anilines is 1. The zero-order valence-electron chi connectivity index (χ0n) is 19.6. The second kappa shape index (κ2) is 12.3. The second-order valence-corrected chi connectivity index (χ2v) is 10.1. The zero-order chi connectivity index (χ0) is 26.5. The van der Waals surface area contributed by atoms with Crippen molar-refractivity contribution in [1.29, 1.82) is 0 Å². The fraction of sp³-hybridized carbons (Fsp3) is 0.280. The predicted octanol–water partition coefficient (Wildman–Crippen LogP) is 5.65. The number of nitrogens with one attached hydrogen (secondary N) is 2. The minimum atomic E-state index is -0.671. The molecule has 1 aliphatic rings. The van der Waals surface area contributed by atoms with E-state index in [1.54, 1.807) is 12.1 Å². The molecule has 2 amide bonds. The van der Waals surface area contributed by atoms with E-state index in [-0.39, 0.29) is 42.6 Å². The molecule has 2 aromatic carbocycles. The molecule has 0 spiro atoms. The Balaban J connectivity index is 1.59. The first kappa shape index (κ1) is 27.4. The van der Waals surface area contributed by atoms with E-state index in [0.29, 0.717) is 6.54 Å². The fourth-order valence-corrected chi connectivity index (χ4v) is 5.18. The Morgan fingerprint density at radius 3 is 2.00 bits per heavy atom. The smallest absolute Gasteiger partial charge is 0.281 e. The molecular formula is C25H23Cl4N5O3. The number of carbonyl (C=O) groups excluding carboxylic acids is 3. The monoisotopic (exact) mass is 581 g/mol. The van der Waals surface area contributed by atoms with Crippen molar-refractivity contribution in [2.45, 2.75) is 19.3 Å². The molecule has 0 aliphatic carbocycles. The van der Waals surface area contributed by atoms with Gasteiger partial charge in [-0.05, 0) is 63.2 Å². The highest BCUT2D eigenvalue weighted by Crippen LogP contribution is 2.28. The number of hydrogen-bond acceptors (Lipinski definition) is 5. The van der Waals surface area contributed by atoms with Crippen LogP contribution in [0.5, 0.6) is 0 Å². The van der Waals surface area contributed by atoms with Gasteiger partial charge in [-0.25, -0.2) is 4.68 Å². The molecule has 1 fully saturated rings. The number of carbonyl (C=O) groups is 3. The predicted molar refractivity (Wildman–Crippen MR) is 145 cm³/mol. The molecule has 37 heavy (non-hydrogen) atoms. The summed E-state index contributed by atoms with van der Waals surface area (Å²) >= 11 is 24.7. The molecule has 0 unspecified atom stereocenters. The van der Waals surface area contributed by atoms with Gasteiger partial charge in [-0.1, -0.05) is 58.5 Å². The standard InChI is InChI=1S/C25H23Cl4N5O3/c26-15-6-3-7-16(27)20(15)23(35)31-19-14-34(25(37)21-17(28)8-4-9-18(21)29)32-22(19)24(36)30-10-5-13-33-11-1-2-12-33/h3-4,6-9,14H,1-2,5,10-13H2,(H,30,36)(H,31,35). The average molecular weight is 583 g/mol. The maximum absolute atomic E-state index is 13.2. The Kier molecular flexibility index (Phi) is 9.10. The summed E-state index contributed by atoms with van der Waals surface area (Å²) in [6.07, 6.45) is 4.35. The van der Waals surface area contributed by atoms with Gasteiger partial charge >= 0.3 is 0 Å². The fourth-order valence-electron chi connectivity index (χ4n) is 4.05. The van der Waals surface area contributed by atoms with E-state index < -0.39 is 17.7 Å². The van der Waals surface area contributed by atoms with Crippen LogP contribution in [0.4, 0.5) is 5.69 Å². The van der Waals surface area contributed by atoms with Crippen molar-refractivity contribution in [3.05, 3.63) is 79.5 Å². The number of aromatic nitrogens is 2. The Hall–Kier alpha value is -2.62. The summed E-state index contributed by atoms with van der Waals surface area (Å²) < 4.78 is 0.913. The highest BCUT2D eigenvalue weighted by molar-refractivity contribution is 6.41. The first-order valence-electron chi connectivity index (χ1n) is 11.6. The van der Waals surface area contributed by atoms with E-state index in [9.17, 15) is 14.4 Å². The van der Waals surface area contributed by atoms with Crippen LogP contribution in [0.3, 0.4) is 0 Å². The summed E-state index contributed by atoms with van der Waals surface area (Å²) in [5.74, 6) is -1.89. The van der Waals surface area contributed by atoms with E-state index >= 15 is 0 Å². The summed E-state index contributed by atoms with van der Waals surface area (Å²) in [7, 11) is 0. The third kappa shape index (κ3) is 6.45. The maximum atomic E-state index is 13.2. The molecule has 194 valence electrons. The number of hydrogen-bond donors (Lipinski definition) is 2. The molecule has 0 saturated carbocycles. The summed E-state index contributed by atoms with van der Waals surface area (Å²) in [6, 6.07) is 9.27. The van der Waals surface area contributed by atoms with Gasteiger partial charge in [-0.15, -0.1) is 0 Å². The minimum Gasteiger partial charge on any atom is -0.351 e. The van der Waals surface area contributed by atoms with Crippen LogP contribution >= 0.6 is 46.4 Å². The van der Waals surface area contributed by atoms with Gasteiger partial charge in [0.2, 0.25) is 0 Å². The van der Waals surface area contributed by atoms with Gasteiger partial charge in [0.15, 0.2) is 5.69 Å². The van der Waals surface area contributed by atoms with Crippen LogP contribution < -0.4 is 10.6 Å². The molecule has 0 bridgehead atoms. The molecule has 8 nitrogen and oxygen atoms in total. The quantitative estimate of drug-likeness (QED) is 0.334. The van der Waals surface area contributed by atoms with E-state index in [1.807, 2.05) is 0 Å². The Morgan fingerprint density at radius 1 is 0.838 bits per heavy atom. The zero-order valence-corrected chi connectivity index (χ0v) is 22.6. The summed E-state index contributed by atoms with van der Waals surface area (Å²) in [4.78, 5) is 41.6.